The fraction of sp³-hybridized carbons (Fsp3) is 0.308. The van der Waals surface area contributed by atoms with Crippen molar-refractivity contribution in [1.82, 2.24) is 0 Å². The summed E-state index contributed by atoms with van der Waals surface area (Å²) in [6.45, 7) is 3.30. The third-order valence-electron chi connectivity index (χ3n) is 2.92. The van der Waals surface area contributed by atoms with E-state index in [4.69, 9.17) is 0 Å². The molecule has 2 rings (SSSR count). The van der Waals surface area contributed by atoms with E-state index >= 15 is 0 Å². The van der Waals surface area contributed by atoms with Crippen molar-refractivity contribution in [2.45, 2.75) is 15.1 Å². The summed E-state index contributed by atoms with van der Waals surface area (Å²) in [4.78, 5) is 11.7. The van der Waals surface area contributed by atoms with Gasteiger partial charge in [0.1, 0.15) is 0 Å². The summed E-state index contributed by atoms with van der Waals surface area (Å²) in [5, 5.41) is -1.89. The van der Waals surface area contributed by atoms with Crippen molar-refractivity contribution in [2.24, 2.45) is 0 Å². The first-order valence-electron chi connectivity index (χ1n) is 5.88. The maximum atomic E-state index is 11.7. The molecule has 1 N–H and O–H groups in total. The molecule has 3 unspecified atom stereocenters. The van der Waals surface area contributed by atoms with Crippen molar-refractivity contribution in [2.75, 3.05) is 5.75 Å². The lowest BCUT2D eigenvalue weighted by molar-refractivity contribution is -0.114. The number of ketones is 1. The molecule has 3 atom stereocenters. The third kappa shape index (κ3) is 3.46. The predicted octanol–water partition coefficient (Wildman–Crippen LogP) is 2.55. The molecule has 1 aliphatic rings. The van der Waals surface area contributed by atoms with Gasteiger partial charge >= 0.3 is 0 Å². The summed E-state index contributed by atoms with van der Waals surface area (Å²) in [7, 11) is -4.42. The van der Waals surface area contributed by atoms with Gasteiger partial charge in [0.2, 0.25) is 0 Å². The molecule has 1 aliphatic heterocycles. The first-order valence-corrected chi connectivity index (χ1v) is 9.37. The summed E-state index contributed by atoms with van der Waals surface area (Å²) in [5.74, 6) is -0.159. The van der Waals surface area contributed by atoms with Gasteiger partial charge < -0.3 is 0 Å². The average Bonchev–Trinajstić information content (AvgIpc) is 2.87. The topological polar surface area (TPSA) is 71.4 Å². The first-order chi connectivity index (χ1) is 9.43. The summed E-state index contributed by atoms with van der Waals surface area (Å²) in [5.41, 5.74) is 1.07. The number of benzene rings is 1. The molecule has 7 heteroatoms. The van der Waals surface area contributed by atoms with Crippen LogP contribution in [0.4, 0.5) is 0 Å². The van der Waals surface area contributed by atoms with Crippen molar-refractivity contribution in [3.63, 3.8) is 0 Å². The molecule has 1 aromatic rings. The molecular formula is C13H14O4S3. The quantitative estimate of drug-likeness (QED) is 0.661. The normalized spacial score (nSPS) is 24.2. The van der Waals surface area contributed by atoms with Crippen LogP contribution >= 0.6 is 23.5 Å². The molecule has 1 fully saturated rings. The van der Waals surface area contributed by atoms with Gasteiger partial charge in [0, 0.05) is 11.0 Å². The molecule has 1 saturated heterocycles. The van der Waals surface area contributed by atoms with Crippen molar-refractivity contribution >= 4 is 39.4 Å². The zero-order valence-electron chi connectivity index (χ0n) is 10.5. The standard InChI is InChI=1S/C13H14O4S3/c1-2-10(14)12(20(15,16)17)11-8-18-13(19-11)9-6-4-3-5-7-9/h2-7,11-13H,1,8H2,(H,15,16,17). The molecule has 0 spiro atoms. The lowest BCUT2D eigenvalue weighted by atomic mass is 10.2. The van der Waals surface area contributed by atoms with Crippen molar-refractivity contribution < 1.29 is 17.8 Å². The summed E-state index contributed by atoms with van der Waals surface area (Å²) in [6, 6.07) is 9.67. The SMILES string of the molecule is C=CC(=O)C(C1CSC(c2ccccc2)S1)S(=O)(=O)O. The van der Waals surface area contributed by atoms with Gasteiger partial charge in [-0.05, 0) is 11.6 Å². The van der Waals surface area contributed by atoms with Crippen LogP contribution in [0, 0.1) is 0 Å². The van der Waals surface area contributed by atoms with Crippen molar-refractivity contribution in [3.05, 3.63) is 48.6 Å². The molecular weight excluding hydrogens is 316 g/mol. The number of hydrogen-bond acceptors (Lipinski definition) is 5. The van der Waals surface area contributed by atoms with Crippen LogP contribution in [0.25, 0.3) is 0 Å². The fourth-order valence-electron chi connectivity index (χ4n) is 2.00. The highest BCUT2D eigenvalue weighted by Crippen LogP contribution is 2.51. The number of hydrogen-bond donors (Lipinski definition) is 1. The molecule has 1 aromatic carbocycles. The van der Waals surface area contributed by atoms with E-state index in [9.17, 15) is 17.8 Å². The number of rotatable bonds is 5. The molecule has 0 saturated carbocycles. The van der Waals surface area contributed by atoms with Crippen LogP contribution in [0.5, 0.6) is 0 Å². The number of carbonyl (C=O) groups excluding carboxylic acids is 1. The summed E-state index contributed by atoms with van der Waals surface area (Å²) in [6.07, 6.45) is 0.958. The van der Waals surface area contributed by atoms with E-state index in [2.05, 4.69) is 6.58 Å². The highest BCUT2D eigenvalue weighted by molar-refractivity contribution is 8.20. The molecule has 0 aliphatic carbocycles. The molecule has 1 heterocycles. The molecule has 0 radical (unpaired) electrons. The molecule has 20 heavy (non-hydrogen) atoms. The van der Waals surface area contributed by atoms with E-state index in [1.165, 1.54) is 11.8 Å². The van der Waals surface area contributed by atoms with Crippen molar-refractivity contribution in [1.29, 1.82) is 0 Å². The Kier molecular flexibility index (Phi) is 4.95. The highest BCUT2D eigenvalue weighted by atomic mass is 32.2. The maximum absolute atomic E-state index is 11.7. The van der Waals surface area contributed by atoms with Gasteiger partial charge in [-0.1, -0.05) is 36.9 Å². The van der Waals surface area contributed by atoms with Crippen LogP contribution in [-0.4, -0.2) is 35.0 Å². The van der Waals surface area contributed by atoms with Gasteiger partial charge in [-0.15, -0.1) is 23.5 Å². The molecule has 4 nitrogen and oxygen atoms in total. The molecule has 0 aromatic heterocycles. The van der Waals surface area contributed by atoms with Crippen LogP contribution in [0.3, 0.4) is 0 Å². The minimum Gasteiger partial charge on any atom is -0.293 e. The van der Waals surface area contributed by atoms with Gasteiger partial charge in [-0.25, -0.2) is 0 Å². The lowest BCUT2D eigenvalue weighted by Gasteiger charge is -2.17. The van der Waals surface area contributed by atoms with Crippen LogP contribution in [0.1, 0.15) is 10.1 Å². The zero-order chi connectivity index (χ0) is 14.8. The molecule has 0 bridgehead atoms. The van der Waals surface area contributed by atoms with E-state index in [-0.39, 0.29) is 4.58 Å². The number of carbonyl (C=O) groups is 1. The smallest absolute Gasteiger partial charge is 0.276 e. The average molecular weight is 330 g/mol. The number of allylic oxidation sites excluding steroid dienone is 1. The molecule has 0 amide bonds. The Morgan fingerprint density at radius 1 is 1.40 bits per heavy atom. The van der Waals surface area contributed by atoms with E-state index in [0.29, 0.717) is 5.75 Å². The van der Waals surface area contributed by atoms with Gasteiger partial charge in [0.15, 0.2) is 11.0 Å². The Balaban J connectivity index is 2.19. The predicted molar refractivity (Wildman–Crippen MR) is 83.6 cm³/mol. The lowest BCUT2D eigenvalue weighted by Crippen LogP contribution is -2.38. The van der Waals surface area contributed by atoms with E-state index < -0.39 is 26.4 Å². The van der Waals surface area contributed by atoms with Crippen LogP contribution < -0.4 is 0 Å². The van der Waals surface area contributed by atoms with Crippen LogP contribution in [-0.2, 0) is 14.9 Å². The second kappa shape index (κ2) is 6.34. The zero-order valence-corrected chi connectivity index (χ0v) is 13.0. The van der Waals surface area contributed by atoms with Crippen molar-refractivity contribution in [3.8, 4) is 0 Å². The Bertz CT molecular complexity index is 597. The second-order valence-corrected chi connectivity index (χ2v) is 8.62. The largest absolute Gasteiger partial charge is 0.293 e. The summed E-state index contributed by atoms with van der Waals surface area (Å²) < 4.78 is 32.2. The monoisotopic (exact) mass is 330 g/mol. The Morgan fingerprint density at radius 3 is 2.60 bits per heavy atom. The third-order valence-corrected chi connectivity index (χ3v) is 7.68. The minimum absolute atomic E-state index is 0.0723. The second-order valence-electron chi connectivity index (χ2n) is 4.29. The summed E-state index contributed by atoms with van der Waals surface area (Å²) >= 11 is 2.97. The van der Waals surface area contributed by atoms with Gasteiger partial charge in [-0.3, -0.25) is 9.35 Å². The minimum atomic E-state index is -4.42. The van der Waals surface area contributed by atoms with Gasteiger partial charge in [0.05, 0.1) is 4.58 Å². The van der Waals surface area contributed by atoms with Crippen LogP contribution in [0.2, 0.25) is 0 Å². The highest BCUT2D eigenvalue weighted by Gasteiger charge is 2.42. The van der Waals surface area contributed by atoms with Gasteiger partial charge in [0.25, 0.3) is 10.1 Å². The Labute approximate surface area is 126 Å². The Hall–Kier alpha value is -0.760. The Morgan fingerprint density at radius 2 is 2.05 bits per heavy atom. The molecule has 108 valence electrons. The fourth-order valence-corrected chi connectivity index (χ4v) is 6.95. The van der Waals surface area contributed by atoms with Crippen LogP contribution in [0.15, 0.2) is 43.0 Å². The van der Waals surface area contributed by atoms with E-state index in [1.54, 1.807) is 11.8 Å². The van der Waals surface area contributed by atoms with E-state index in [1.807, 2.05) is 30.3 Å². The first kappa shape index (κ1) is 15.6. The van der Waals surface area contributed by atoms with E-state index in [0.717, 1.165) is 11.6 Å². The maximum Gasteiger partial charge on any atom is 0.276 e. The number of thioether (sulfide) groups is 2. The van der Waals surface area contributed by atoms with Gasteiger partial charge in [-0.2, -0.15) is 8.42 Å².